The molecule has 2 unspecified atom stereocenters. The van der Waals surface area contributed by atoms with Crippen LogP contribution >= 0.6 is 11.6 Å². The summed E-state index contributed by atoms with van der Waals surface area (Å²) < 4.78 is 22.2. The maximum atomic E-state index is 12.8. The maximum Gasteiger partial charge on any atom is 0.410 e. The summed E-state index contributed by atoms with van der Waals surface area (Å²) >= 11 is 6.95. The Labute approximate surface area is 298 Å². The highest BCUT2D eigenvalue weighted by atomic mass is 35.5. The normalized spacial score (nSPS) is 19.4. The van der Waals surface area contributed by atoms with Gasteiger partial charge in [0.2, 0.25) is 0 Å². The molecule has 2 bridgehead atoms. The van der Waals surface area contributed by atoms with Gasteiger partial charge in [-0.3, -0.25) is 9.67 Å². The fourth-order valence-electron chi connectivity index (χ4n) is 7.09. The second kappa shape index (κ2) is 13.3. The third kappa shape index (κ3) is 7.24. The molecule has 1 saturated heterocycles. The second-order valence-electron chi connectivity index (χ2n) is 15.9. The van der Waals surface area contributed by atoms with E-state index in [0.29, 0.717) is 64.9 Å². The predicted molar refractivity (Wildman–Crippen MR) is 197 cm³/mol. The molecule has 2 fully saturated rings. The van der Waals surface area contributed by atoms with Crippen LogP contribution in [0.25, 0.3) is 33.3 Å². The van der Waals surface area contributed by atoms with Crippen LogP contribution in [0.4, 0.5) is 4.79 Å². The number of fused-ring (bicyclic) bond motifs is 4. The third-order valence-electron chi connectivity index (χ3n) is 9.61. The highest BCUT2D eigenvalue weighted by molar-refractivity contribution is 6.76. The summed E-state index contributed by atoms with van der Waals surface area (Å²) in [6.45, 7) is 17.2. The van der Waals surface area contributed by atoms with Gasteiger partial charge in [-0.2, -0.15) is 5.10 Å². The molecule has 1 aliphatic heterocycles. The number of hydrogen-bond acceptors (Lipinski definition) is 8. The Hall–Kier alpha value is -4.00. The third-order valence-corrected chi connectivity index (χ3v) is 11.7. The minimum absolute atomic E-state index is 0.216. The molecule has 2 aliphatic rings. The molecule has 50 heavy (non-hydrogen) atoms. The van der Waals surface area contributed by atoms with Gasteiger partial charge in [-0.15, -0.1) is 0 Å². The maximum absolute atomic E-state index is 12.8. The Morgan fingerprint density at radius 2 is 1.76 bits per heavy atom. The highest BCUT2D eigenvalue weighted by Crippen LogP contribution is 2.45. The number of amides is 1. The molecule has 2 aromatic carbocycles. The summed E-state index contributed by atoms with van der Waals surface area (Å²) in [6.07, 6.45) is 7.50. The van der Waals surface area contributed by atoms with E-state index in [-0.39, 0.29) is 12.1 Å². The monoisotopic (exact) mass is 715 g/mol. The molecule has 7 rings (SSSR count). The molecule has 4 heterocycles. The number of hydrogen-bond donors (Lipinski definition) is 0. The van der Waals surface area contributed by atoms with Crippen molar-refractivity contribution in [3.63, 3.8) is 0 Å². The van der Waals surface area contributed by atoms with Crippen molar-refractivity contribution < 1.29 is 19.0 Å². The standard InChI is InChI=1S/C37H46ClN7O4Si/c1-23-41-28-11-10-27(16-31(28)44(23)22-47-14-15-50(5,6)7)48-32-13-12-29-34(33(32)38)42-30(18-39-29)26-17-40-45(21-26)35-24-8-9-25(35)20-43(19-24)36(46)49-37(2,3)4/h10-13,16-18,21,24-25,35H,8-9,14-15,19-20,22H2,1-7H3. The smallest absolute Gasteiger partial charge is 0.410 e. The summed E-state index contributed by atoms with van der Waals surface area (Å²) in [4.78, 5) is 29.0. The van der Waals surface area contributed by atoms with Crippen molar-refractivity contribution >= 4 is 47.8 Å². The lowest BCUT2D eigenvalue weighted by molar-refractivity contribution is 0.00820. The molecule has 0 radical (unpaired) electrons. The number of aryl methyl sites for hydroxylation is 1. The van der Waals surface area contributed by atoms with Crippen LogP contribution in [0.3, 0.4) is 0 Å². The number of carbonyl (C=O) groups excluding carboxylic acids is 1. The van der Waals surface area contributed by atoms with Gasteiger partial charge in [-0.25, -0.2) is 14.8 Å². The SMILES string of the molecule is Cc1nc2ccc(Oc3ccc4ncc(-c5cnn(C6C7CCC6CN(C(=O)OC(C)(C)C)C7)c5)nc4c3Cl)cc2n1COCC[Si](C)(C)C. The number of benzene rings is 2. The lowest BCUT2D eigenvalue weighted by atomic mass is 9.92. The van der Waals surface area contributed by atoms with Crippen molar-refractivity contribution in [2.75, 3.05) is 19.7 Å². The van der Waals surface area contributed by atoms with Gasteiger partial charge >= 0.3 is 6.09 Å². The van der Waals surface area contributed by atoms with Crippen molar-refractivity contribution in [3.05, 3.63) is 59.8 Å². The average Bonchev–Trinajstić information content (AvgIpc) is 3.72. The summed E-state index contributed by atoms with van der Waals surface area (Å²) in [5.41, 5.74) is 4.07. The van der Waals surface area contributed by atoms with E-state index in [0.717, 1.165) is 47.9 Å². The van der Waals surface area contributed by atoms with Crippen LogP contribution in [0.2, 0.25) is 30.7 Å². The summed E-state index contributed by atoms with van der Waals surface area (Å²) in [7, 11) is -1.18. The van der Waals surface area contributed by atoms with Gasteiger partial charge in [0.1, 0.15) is 40.2 Å². The molecule has 0 spiro atoms. The van der Waals surface area contributed by atoms with Crippen molar-refractivity contribution in [2.24, 2.45) is 11.8 Å². The van der Waals surface area contributed by atoms with Gasteiger partial charge in [0, 0.05) is 45.6 Å². The van der Waals surface area contributed by atoms with E-state index in [4.69, 9.17) is 40.9 Å². The van der Waals surface area contributed by atoms with Gasteiger partial charge in [-0.1, -0.05) is 31.2 Å². The van der Waals surface area contributed by atoms with Crippen molar-refractivity contribution in [3.8, 4) is 22.8 Å². The number of piperidine rings is 1. The van der Waals surface area contributed by atoms with E-state index in [9.17, 15) is 4.79 Å². The van der Waals surface area contributed by atoms with E-state index in [1.54, 1.807) is 6.20 Å². The molecule has 1 saturated carbocycles. The lowest BCUT2D eigenvalue weighted by Gasteiger charge is -2.38. The molecular formula is C37H46ClN7O4Si. The van der Waals surface area contributed by atoms with Crippen LogP contribution in [0.5, 0.6) is 11.5 Å². The molecular weight excluding hydrogens is 670 g/mol. The van der Waals surface area contributed by atoms with Crippen LogP contribution in [-0.4, -0.2) is 73.7 Å². The Balaban J connectivity index is 1.08. The quantitative estimate of drug-likeness (QED) is 0.110. The second-order valence-corrected chi connectivity index (χ2v) is 21.9. The van der Waals surface area contributed by atoms with Crippen LogP contribution in [0.1, 0.15) is 45.5 Å². The molecule has 11 nitrogen and oxygen atoms in total. The fraction of sp³-hybridized carbons (Fsp3) is 0.486. The number of carbonyl (C=O) groups is 1. The first-order valence-corrected chi connectivity index (χ1v) is 21.5. The number of aromatic nitrogens is 6. The molecule has 3 aromatic heterocycles. The number of nitrogens with zero attached hydrogens (tertiary/aromatic N) is 7. The Morgan fingerprint density at radius 1 is 1.02 bits per heavy atom. The minimum atomic E-state index is -1.18. The first-order valence-electron chi connectivity index (χ1n) is 17.4. The molecule has 0 N–H and O–H groups in total. The summed E-state index contributed by atoms with van der Waals surface area (Å²) in [6, 6.07) is 10.8. The van der Waals surface area contributed by atoms with E-state index >= 15 is 0 Å². The van der Waals surface area contributed by atoms with Crippen LogP contribution < -0.4 is 4.74 Å². The Bertz CT molecular complexity index is 2040. The molecule has 1 aliphatic carbocycles. The zero-order valence-corrected chi connectivity index (χ0v) is 31.7. The van der Waals surface area contributed by atoms with E-state index in [1.807, 2.05) is 75.3 Å². The number of rotatable bonds is 9. The topological polar surface area (TPSA) is 109 Å². The van der Waals surface area contributed by atoms with Crippen molar-refractivity contribution in [1.29, 1.82) is 0 Å². The van der Waals surface area contributed by atoms with Crippen molar-refractivity contribution in [2.45, 2.75) is 84.6 Å². The zero-order valence-electron chi connectivity index (χ0n) is 29.9. The Morgan fingerprint density at radius 3 is 2.48 bits per heavy atom. The van der Waals surface area contributed by atoms with Gasteiger partial charge in [0.25, 0.3) is 0 Å². The van der Waals surface area contributed by atoms with Crippen LogP contribution in [0.15, 0.2) is 48.9 Å². The van der Waals surface area contributed by atoms with E-state index < -0.39 is 13.7 Å². The van der Waals surface area contributed by atoms with Gasteiger partial charge in [0.15, 0.2) is 0 Å². The summed E-state index contributed by atoms with van der Waals surface area (Å²) in [5.74, 6) is 2.65. The van der Waals surface area contributed by atoms with Gasteiger partial charge in [-0.05, 0) is 82.7 Å². The zero-order chi connectivity index (χ0) is 35.4. The highest BCUT2D eigenvalue weighted by Gasteiger charge is 2.45. The molecule has 13 heteroatoms. The summed E-state index contributed by atoms with van der Waals surface area (Å²) in [5, 5.41) is 5.16. The molecule has 264 valence electrons. The molecule has 5 aromatic rings. The van der Waals surface area contributed by atoms with E-state index in [2.05, 4.69) is 33.9 Å². The predicted octanol–water partition coefficient (Wildman–Crippen LogP) is 8.73. The minimum Gasteiger partial charge on any atom is -0.456 e. The van der Waals surface area contributed by atoms with Gasteiger partial charge < -0.3 is 23.7 Å². The number of imidazole rings is 1. The largest absolute Gasteiger partial charge is 0.456 e. The number of halogens is 1. The average molecular weight is 716 g/mol. The van der Waals surface area contributed by atoms with Crippen molar-refractivity contribution in [1.82, 2.24) is 34.2 Å². The van der Waals surface area contributed by atoms with Crippen LogP contribution in [0, 0.1) is 18.8 Å². The Kier molecular flexibility index (Phi) is 9.15. The number of ether oxygens (including phenoxy) is 3. The van der Waals surface area contributed by atoms with Crippen LogP contribution in [-0.2, 0) is 16.2 Å². The fourth-order valence-corrected chi connectivity index (χ4v) is 8.09. The first-order chi connectivity index (χ1) is 23.7. The first kappa shape index (κ1) is 34.4. The molecule has 1 amide bonds. The van der Waals surface area contributed by atoms with E-state index in [1.165, 1.54) is 0 Å². The number of likely N-dealkylation sites (tertiary alicyclic amines) is 1. The molecule has 2 atom stereocenters. The van der Waals surface area contributed by atoms with Gasteiger partial charge in [0.05, 0.1) is 40.7 Å². The lowest BCUT2D eigenvalue weighted by Crippen LogP contribution is -2.47.